The number of hydrogen-bond donors (Lipinski definition) is 1. The summed E-state index contributed by atoms with van der Waals surface area (Å²) in [6.45, 7) is 2.68. The molecule has 0 saturated carbocycles. The summed E-state index contributed by atoms with van der Waals surface area (Å²) in [5.74, 6) is -0.231. The number of likely N-dealkylation sites (tertiary alicyclic amines) is 1. The Kier molecular flexibility index (Phi) is 5.85. The molecule has 4 rings (SSSR count). The van der Waals surface area contributed by atoms with Gasteiger partial charge >= 0.3 is 0 Å². The molecule has 1 fully saturated rings. The molecule has 8 heteroatoms. The third-order valence-electron chi connectivity index (χ3n) is 5.22. The first kappa shape index (κ1) is 19.8. The Labute approximate surface area is 174 Å². The number of benzene rings is 2. The minimum atomic E-state index is -0.453. The van der Waals surface area contributed by atoms with E-state index in [1.807, 2.05) is 18.2 Å². The highest BCUT2D eigenvalue weighted by molar-refractivity contribution is 5.92. The van der Waals surface area contributed by atoms with Crippen LogP contribution in [0.2, 0.25) is 0 Å². The Morgan fingerprint density at radius 1 is 1.17 bits per heavy atom. The molecule has 1 amide bonds. The first-order valence-corrected chi connectivity index (χ1v) is 9.96. The summed E-state index contributed by atoms with van der Waals surface area (Å²) in [5, 5.41) is 18.4. The average Bonchev–Trinajstić information content (AvgIpc) is 3.25. The molecule has 1 aromatic heterocycles. The number of aromatic nitrogens is 2. The molecule has 0 radical (unpaired) electrons. The molecule has 0 bridgehead atoms. The maximum atomic E-state index is 12.7. The number of amides is 1. The van der Waals surface area contributed by atoms with Crippen molar-refractivity contribution >= 4 is 11.6 Å². The van der Waals surface area contributed by atoms with Crippen LogP contribution in [-0.4, -0.2) is 44.6 Å². The van der Waals surface area contributed by atoms with Crippen LogP contribution in [0.25, 0.3) is 5.69 Å². The lowest BCUT2D eigenvalue weighted by molar-refractivity contribution is -0.384. The number of hydrogen-bond acceptors (Lipinski definition) is 5. The molecule has 0 spiro atoms. The van der Waals surface area contributed by atoms with E-state index in [0.29, 0.717) is 11.4 Å². The fourth-order valence-corrected chi connectivity index (χ4v) is 3.76. The molecule has 3 aromatic rings. The van der Waals surface area contributed by atoms with Crippen LogP contribution in [0.3, 0.4) is 0 Å². The van der Waals surface area contributed by atoms with Gasteiger partial charge in [0.15, 0.2) is 5.69 Å². The van der Waals surface area contributed by atoms with Gasteiger partial charge in [-0.15, -0.1) is 0 Å². The quantitative estimate of drug-likeness (QED) is 0.502. The SMILES string of the molecule is O=C(NC1CCCN(Cc2ccccc2)C1)c1ccn(-c2cccc([N+](=O)[O-])c2)n1. The molecule has 0 aliphatic carbocycles. The van der Waals surface area contributed by atoms with Crippen LogP contribution in [0.4, 0.5) is 5.69 Å². The average molecular weight is 405 g/mol. The highest BCUT2D eigenvalue weighted by Crippen LogP contribution is 2.17. The predicted molar refractivity (Wildman–Crippen MR) is 112 cm³/mol. The van der Waals surface area contributed by atoms with Crippen LogP contribution < -0.4 is 5.32 Å². The lowest BCUT2D eigenvalue weighted by Crippen LogP contribution is -2.47. The van der Waals surface area contributed by atoms with Gasteiger partial charge < -0.3 is 5.32 Å². The second kappa shape index (κ2) is 8.87. The third kappa shape index (κ3) is 4.72. The fraction of sp³-hybridized carbons (Fsp3) is 0.273. The van der Waals surface area contributed by atoms with Crippen LogP contribution in [0.1, 0.15) is 28.9 Å². The normalized spacial score (nSPS) is 16.9. The number of non-ortho nitro benzene ring substituents is 1. The van der Waals surface area contributed by atoms with Crippen LogP contribution in [-0.2, 0) is 6.54 Å². The molecule has 154 valence electrons. The second-order valence-corrected chi connectivity index (χ2v) is 7.46. The van der Waals surface area contributed by atoms with E-state index in [2.05, 4.69) is 27.4 Å². The molecule has 1 aliphatic rings. The van der Waals surface area contributed by atoms with E-state index >= 15 is 0 Å². The molecular weight excluding hydrogens is 382 g/mol. The monoisotopic (exact) mass is 405 g/mol. The fourth-order valence-electron chi connectivity index (χ4n) is 3.76. The van der Waals surface area contributed by atoms with Gasteiger partial charge in [0, 0.05) is 37.5 Å². The summed E-state index contributed by atoms with van der Waals surface area (Å²) < 4.78 is 1.48. The molecule has 1 aliphatic heterocycles. The van der Waals surface area contributed by atoms with Gasteiger partial charge in [0.1, 0.15) is 0 Å². The van der Waals surface area contributed by atoms with Gasteiger partial charge in [0.25, 0.3) is 11.6 Å². The molecule has 8 nitrogen and oxygen atoms in total. The lowest BCUT2D eigenvalue weighted by atomic mass is 10.0. The summed E-state index contributed by atoms with van der Waals surface area (Å²) in [5.41, 5.74) is 2.08. The van der Waals surface area contributed by atoms with Crippen LogP contribution in [0.15, 0.2) is 66.9 Å². The van der Waals surface area contributed by atoms with Crippen molar-refractivity contribution in [1.82, 2.24) is 20.0 Å². The van der Waals surface area contributed by atoms with Gasteiger partial charge in [-0.3, -0.25) is 19.8 Å². The molecule has 1 N–H and O–H groups in total. The number of piperidine rings is 1. The Bertz CT molecular complexity index is 1030. The van der Waals surface area contributed by atoms with Crippen LogP contribution in [0, 0.1) is 10.1 Å². The number of nitro benzene ring substituents is 1. The molecular formula is C22H23N5O3. The van der Waals surface area contributed by atoms with Crippen molar-refractivity contribution in [2.45, 2.75) is 25.4 Å². The number of nitro groups is 1. The topological polar surface area (TPSA) is 93.3 Å². The predicted octanol–water partition coefficient (Wildman–Crippen LogP) is 3.17. The van der Waals surface area contributed by atoms with Crippen molar-refractivity contribution < 1.29 is 9.72 Å². The Morgan fingerprint density at radius 3 is 2.80 bits per heavy atom. The minimum Gasteiger partial charge on any atom is -0.347 e. The summed E-state index contributed by atoms with van der Waals surface area (Å²) in [6, 6.07) is 18.2. The van der Waals surface area contributed by atoms with E-state index in [1.54, 1.807) is 24.4 Å². The van der Waals surface area contributed by atoms with Crippen LogP contribution in [0.5, 0.6) is 0 Å². The summed E-state index contributed by atoms with van der Waals surface area (Å²) in [7, 11) is 0. The van der Waals surface area contributed by atoms with Crippen molar-refractivity contribution in [1.29, 1.82) is 0 Å². The third-order valence-corrected chi connectivity index (χ3v) is 5.22. The zero-order valence-corrected chi connectivity index (χ0v) is 16.5. The Morgan fingerprint density at radius 2 is 2.00 bits per heavy atom. The zero-order valence-electron chi connectivity index (χ0n) is 16.5. The number of nitrogens with one attached hydrogen (secondary N) is 1. The molecule has 2 heterocycles. The maximum Gasteiger partial charge on any atom is 0.272 e. The maximum absolute atomic E-state index is 12.7. The van der Waals surface area contributed by atoms with Crippen molar-refractivity contribution in [3.05, 3.63) is 88.2 Å². The van der Waals surface area contributed by atoms with Gasteiger partial charge in [-0.25, -0.2) is 4.68 Å². The van der Waals surface area contributed by atoms with E-state index in [4.69, 9.17) is 0 Å². The first-order chi connectivity index (χ1) is 14.6. The minimum absolute atomic E-state index is 0.0188. The summed E-state index contributed by atoms with van der Waals surface area (Å²) in [4.78, 5) is 25.6. The largest absolute Gasteiger partial charge is 0.347 e. The van der Waals surface area contributed by atoms with E-state index in [-0.39, 0.29) is 17.6 Å². The lowest BCUT2D eigenvalue weighted by Gasteiger charge is -2.33. The van der Waals surface area contributed by atoms with E-state index in [1.165, 1.54) is 22.4 Å². The van der Waals surface area contributed by atoms with Gasteiger partial charge in [0.05, 0.1) is 10.6 Å². The molecule has 2 aromatic carbocycles. The number of carbonyl (C=O) groups is 1. The smallest absolute Gasteiger partial charge is 0.272 e. The van der Waals surface area contributed by atoms with Gasteiger partial charge in [-0.1, -0.05) is 36.4 Å². The Hall–Kier alpha value is -3.52. The van der Waals surface area contributed by atoms with E-state index in [0.717, 1.165) is 32.5 Å². The van der Waals surface area contributed by atoms with Crippen LogP contribution >= 0.6 is 0 Å². The number of nitrogens with zero attached hydrogens (tertiary/aromatic N) is 4. The summed E-state index contributed by atoms with van der Waals surface area (Å²) in [6.07, 6.45) is 3.60. The number of rotatable bonds is 6. The van der Waals surface area contributed by atoms with Crippen molar-refractivity contribution in [3.8, 4) is 5.69 Å². The zero-order chi connectivity index (χ0) is 20.9. The molecule has 1 atom stereocenters. The van der Waals surface area contributed by atoms with E-state index < -0.39 is 4.92 Å². The Balaban J connectivity index is 1.38. The highest BCUT2D eigenvalue weighted by Gasteiger charge is 2.23. The van der Waals surface area contributed by atoms with Gasteiger partial charge in [-0.2, -0.15) is 5.10 Å². The molecule has 1 unspecified atom stereocenters. The van der Waals surface area contributed by atoms with E-state index in [9.17, 15) is 14.9 Å². The van der Waals surface area contributed by atoms with Crippen molar-refractivity contribution in [2.24, 2.45) is 0 Å². The van der Waals surface area contributed by atoms with Gasteiger partial charge in [-0.05, 0) is 37.1 Å². The standard InChI is InChI=1S/C22H23N5O3/c28-22(21-11-13-26(24-21)19-9-4-10-20(14-19)27(29)30)23-18-8-5-12-25(16-18)15-17-6-2-1-3-7-17/h1-4,6-7,9-11,13-14,18H,5,8,12,15-16H2,(H,23,28). The highest BCUT2D eigenvalue weighted by atomic mass is 16.6. The molecule has 30 heavy (non-hydrogen) atoms. The molecule has 1 saturated heterocycles. The van der Waals surface area contributed by atoms with Gasteiger partial charge in [0.2, 0.25) is 0 Å². The van der Waals surface area contributed by atoms with Crippen molar-refractivity contribution in [2.75, 3.05) is 13.1 Å². The number of carbonyl (C=O) groups excluding carboxylic acids is 1. The first-order valence-electron chi connectivity index (χ1n) is 9.96. The summed E-state index contributed by atoms with van der Waals surface area (Å²) >= 11 is 0. The van der Waals surface area contributed by atoms with Crippen molar-refractivity contribution in [3.63, 3.8) is 0 Å². The second-order valence-electron chi connectivity index (χ2n) is 7.46.